The number of aromatic nitrogens is 1. The summed E-state index contributed by atoms with van der Waals surface area (Å²) in [4.78, 5) is 37.2. The highest BCUT2D eigenvalue weighted by Crippen LogP contribution is 2.55. The van der Waals surface area contributed by atoms with Crippen LogP contribution in [0.15, 0.2) is 34.9 Å². The predicted octanol–water partition coefficient (Wildman–Crippen LogP) is 1.18. The number of benzene rings is 1. The van der Waals surface area contributed by atoms with Gasteiger partial charge in [0.15, 0.2) is 22.7 Å². The maximum atomic E-state index is 13.1. The molecule has 1 aromatic heterocycles. The van der Waals surface area contributed by atoms with Crippen molar-refractivity contribution in [3.8, 4) is 11.5 Å². The average Bonchev–Trinajstić information content (AvgIpc) is 3.53. The van der Waals surface area contributed by atoms with E-state index in [-0.39, 0.29) is 30.6 Å². The lowest BCUT2D eigenvalue weighted by atomic mass is 9.71. The molecule has 6 heterocycles. The number of oxime groups is 1. The molecule has 3 fully saturated rings. The van der Waals surface area contributed by atoms with E-state index in [1.807, 2.05) is 18.2 Å². The Morgan fingerprint density at radius 1 is 1.00 bits per heavy atom. The van der Waals surface area contributed by atoms with Crippen molar-refractivity contribution >= 4 is 34.0 Å². The number of fused-ring (bicyclic) bond motifs is 9. The Morgan fingerprint density at radius 2 is 1.83 bits per heavy atom. The number of carbonyl (C=O) groups is 2. The van der Waals surface area contributed by atoms with Crippen LogP contribution >= 0.6 is 11.3 Å². The minimum atomic E-state index is -0.552. The summed E-state index contributed by atoms with van der Waals surface area (Å²) in [7, 11) is 0. The van der Waals surface area contributed by atoms with Crippen molar-refractivity contribution in [2.45, 2.75) is 18.3 Å². The van der Waals surface area contributed by atoms with Gasteiger partial charge in [0.05, 0.1) is 29.6 Å². The van der Waals surface area contributed by atoms with Crippen LogP contribution in [-0.4, -0.2) is 47.6 Å². The molecular formula is C19H13N3O6S. The second-order valence-electron chi connectivity index (χ2n) is 7.58. The van der Waals surface area contributed by atoms with Gasteiger partial charge in [0.1, 0.15) is 6.10 Å². The van der Waals surface area contributed by atoms with Crippen LogP contribution in [0.1, 0.15) is 5.56 Å². The van der Waals surface area contributed by atoms with Crippen molar-refractivity contribution in [2.24, 2.45) is 22.9 Å². The molecule has 3 saturated heterocycles. The fourth-order valence-corrected chi connectivity index (χ4v) is 5.82. The lowest BCUT2D eigenvalue weighted by Crippen LogP contribution is -2.45. The second kappa shape index (κ2) is 5.33. The molecule has 1 aromatic carbocycles. The van der Waals surface area contributed by atoms with E-state index in [2.05, 4.69) is 10.1 Å². The molecule has 2 aromatic rings. The van der Waals surface area contributed by atoms with E-state index in [1.165, 1.54) is 16.2 Å². The zero-order valence-electron chi connectivity index (χ0n) is 14.8. The van der Waals surface area contributed by atoms with Crippen LogP contribution in [0.4, 0.5) is 5.13 Å². The summed E-state index contributed by atoms with van der Waals surface area (Å²) in [5, 5.41) is 6.45. The number of amides is 2. The molecule has 5 aliphatic heterocycles. The van der Waals surface area contributed by atoms with E-state index < -0.39 is 24.0 Å². The van der Waals surface area contributed by atoms with Crippen LogP contribution in [0, 0.1) is 17.8 Å². The lowest BCUT2D eigenvalue weighted by Gasteiger charge is -2.26. The fourth-order valence-electron chi connectivity index (χ4n) is 5.17. The standard InChI is InChI=1S/C19H13N3O6S/c23-17-10-11(18(24)22(17)19-20-3-4-29-19)15-16-12(14(10)27-15)13(21-28-16)7-1-2-8-9(5-7)26-6-25-8/h1-5,10-12,14-16H,6H2/t10-,11+,12-,14-,15+,16-/m1/s1. The topological polar surface area (TPSA) is 99.6 Å². The van der Waals surface area contributed by atoms with E-state index in [0.717, 1.165) is 5.56 Å². The number of hydrogen-bond donors (Lipinski definition) is 0. The van der Waals surface area contributed by atoms with Gasteiger partial charge in [-0.15, -0.1) is 11.3 Å². The molecule has 146 valence electrons. The van der Waals surface area contributed by atoms with Crippen molar-refractivity contribution in [1.29, 1.82) is 0 Å². The fraction of sp³-hybridized carbons (Fsp3) is 0.368. The molecule has 2 bridgehead atoms. The zero-order valence-corrected chi connectivity index (χ0v) is 15.6. The number of thiazole rings is 1. The lowest BCUT2D eigenvalue weighted by molar-refractivity contribution is -0.125. The monoisotopic (exact) mass is 411 g/mol. The van der Waals surface area contributed by atoms with Crippen LogP contribution < -0.4 is 14.4 Å². The summed E-state index contributed by atoms with van der Waals surface area (Å²) in [6.07, 6.45) is 0.256. The van der Waals surface area contributed by atoms with Crippen molar-refractivity contribution in [2.75, 3.05) is 11.7 Å². The molecule has 6 atom stereocenters. The Kier molecular flexibility index (Phi) is 2.92. The third kappa shape index (κ3) is 1.88. The highest BCUT2D eigenvalue weighted by atomic mass is 32.1. The van der Waals surface area contributed by atoms with Crippen LogP contribution in [-0.2, 0) is 19.2 Å². The maximum Gasteiger partial charge on any atom is 0.242 e. The molecule has 29 heavy (non-hydrogen) atoms. The van der Waals surface area contributed by atoms with Gasteiger partial charge in [-0.1, -0.05) is 5.16 Å². The predicted molar refractivity (Wildman–Crippen MR) is 97.7 cm³/mol. The summed E-state index contributed by atoms with van der Waals surface area (Å²) in [5.41, 5.74) is 1.55. The first-order chi connectivity index (χ1) is 14.2. The van der Waals surface area contributed by atoms with Gasteiger partial charge in [0.2, 0.25) is 18.6 Å². The summed E-state index contributed by atoms with van der Waals surface area (Å²) in [6.45, 7) is 0.189. The Morgan fingerprint density at radius 3 is 2.66 bits per heavy atom. The molecule has 0 saturated carbocycles. The van der Waals surface area contributed by atoms with Crippen molar-refractivity contribution in [1.82, 2.24) is 4.98 Å². The van der Waals surface area contributed by atoms with Crippen LogP contribution in [0.5, 0.6) is 11.5 Å². The van der Waals surface area contributed by atoms with Gasteiger partial charge in [0.25, 0.3) is 0 Å². The number of imide groups is 1. The minimum absolute atomic E-state index is 0.189. The molecular weight excluding hydrogens is 398 g/mol. The molecule has 0 N–H and O–H groups in total. The third-order valence-corrected chi connectivity index (χ3v) is 7.08. The number of nitrogens with zero attached hydrogens (tertiary/aromatic N) is 3. The zero-order chi connectivity index (χ0) is 19.3. The molecule has 0 aliphatic carbocycles. The Labute approximate surface area is 167 Å². The minimum Gasteiger partial charge on any atom is -0.454 e. The molecule has 0 spiro atoms. The maximum absolute atomic E-state index is 13.1. The number of carbonyl (C=O) groups excluding carboxylic acids is 2. The number of hydrogen-bond acceptors (Lipinski definition) is 9. The molecule has 10 heteroatoms. The molecule has 0 radical (unpaired) electrons. The first-order valence-electron chi connectivity index (χ1n) is 9.29. The van der Waals surface area contributed by atoms with Crippen LogP contribution in [0.3, 0.4) is 0 Å². The summed E-state index contributed by atoms with van der Waals surface area (Å²) >= 11 is 1.27. The first kappa shape index (κ1) is 15.9. The second-order valence-corrected chi connectivity index (χ2v) is 8.46. The SMILES string of the molecule is O=C1[C@@H]2[C@@H]3O[C@@H]([C@H]4C(c5ccc6c(c5)OCO6)=NO[C@@H]34)[C@@H]2C(=O)N1c1nccs1. The number of rotatable bonds is 2. The van der Waals surface area contributed by atoms with Crippen molar-refractivity contribution < 1.29 is 28.6 Å². The summed E-state index contributed by atoms with van der Waals surface area (Å²) in [6, 6.07) is 5.59. The Bertz CT molecular complexity index is 1100. The summed E-state index contributed by atoms with van der Waals surface area (Å²) in [5.74, 6) is -0.488. The number of ether oxygens (including phenoxy) is 3. The molecule has 5 aliphatic rings. The van der Waals surface area contributed by atoms with E-state index in [0.29, 0.717) is 22.3 Å². The smallest absolute Gasteiger partial charge is 0.242 e. The van der Waals surface area contributed by atoms with E-state index >= 15 is 0 Å². The van der Waals surface area contributed by atoms with E-state index in [1.54, 1.807) is 11.6 Å². The van der Waals surface area contributed by atoms with Crippen molar-refractivity contribution in [3.63, 3.8) is 0 Å². The van der Waals surface area contributed by atoms with Gasteiger partial charge >= 0.3 is 0 Å². The number of anilines is 1. The van der Waals surface area contributed by atoms with Crippen LogP contribution in [0.25, 0.3) is 0 Å². The van der Waals surface area contributed by atoms with E-state index in [9.17, 15) is 9.59 Å². The molecule has 9 nitrogen and oxygen atoms in total. The highest BCUT2D eigenvalue weighted by molar-refractivity contribution is 7.14. The van der Waals surface area contributed by atoms with Gasteiger partial charge in [0, 0.05) is 17.1 Å². The Hall–Kier alpha value is -2.98. The van der Waals surface area contributed by atoms with Gasteiger partial charge in [-0.25, -0.2) is 9.88 Å². The largest absolute Gasteiger partial charge is 0.454 e. The van der Waals surface area contributed by atoms with Gasteiger partial charge in [-0.2, -0.15) is 0 Å². The third-order valence-electron chi connectivity index (χ3n) is 6.32. The van der Waals surface area contributed by atoms with Gasteiger partial charge in [-0.3, -0.25) is 9.59 Å². The normalized spacial score (nSPS) is 35.7. The highest BCUT2D eigenvalue weighted by Gasteiger charge is 2.72. The van der Waals surface area contributed by atoms with Crippen molar-refractivity contribution in [3.05, 3.63) is 35.3 Å². The van der Waals surface area contributed by atoms with Crippen LogP contribution in [0.2, 0.25) is 0 Å². The summed E-state index contributed by atoms with van der Waals surface area (Å²) < 4.78 is 16.9. The quantitative estimate of drug-likeness (QED) is 0.684. The average molecular weight is 411 g/mol. The van der Waals surface area contributed by atoms with Gasteiger partial charge in [-0.05, 0) is 18.2 Å². The Balaban J connectivity index is 1.25. The van der Waals surface area contributed by atoms with Gasteiger partial charge < -0.3 is 19.0 Å². The first-order valence-corrected chi connectivity index (χ1v) is 10.2. The molecule has 2 amide bonds. The molecule has 0 unspecified atom stereocenters. The molecule has 7 rings (SSSR count). The van der Waals surface area contributed by atoms with E-state index in [4.69, 9.17) is 19.0 Å².